The summed E-state index contributed by atoms with van der Waals surface area (Å²) >= 11 is 0. The van der Waals surface area contributed by atoms with Gasteiger partial charge >= 0.3 is 0 Å². The van der Waals surface area contributed by atoms with Gasteiger partial charge in [0.2, 0.25) is 0 Å². The van der Waals surface area contributed by atoms with E-state index < -0.39 is 14.9 Å². The van der Waals surface area contributed by atoms with Gasteiger partial charge in [-0.15, -0.1) is 0 Å². The van der Waals surface area contributed by atoms with E-state index in [4.69, 9.17) is 0 Å². The van der Waals surface area contributed by atoms with Crippen molar-refractivity contribution in [1.29, 1.82) is 0 Å². The van der Waals surface area contributed by atoms with Crippen molar-refractivity contribution in [3.05, 3.63) is 71.1 Å². The summed E-state index contributed by atoms with van der Waals surface area (Å²) in [6, 6.07) is 11.2. The third-order valence-corrected chi connectivity index (χ3v) is 3.96. The molecule has 0 spiro atoms. The lowest BCUT2D eigenvalue weighted by Crippen LogP contribution is -2.12. The first kappa shape index (κ1) is 14.0. The number of non-ortho nitro benzene ring substituents is 1. The van der Waals surface area contributed by atoms with Crippen molar-refractivity contribution in [2.45, 2.75) is 4.90 Å². The largest absolute Gasteiger partial charge is 0.280 e. The summed E-state index contributed by atoms with van der Waals surface area (Å²) in [7, 11) is -3.76. The van der Waals surface area contributed by atoms with Crippen LogP contribution in [0.4, 0.5) is 11.4 Å². The summed E-state index contributed by atoms with van der Waals surface area (Å²) in [6.45, 7) is 3.70. The average molecular weight is 291 g/mol. The van der Waals surface area contributed by atoms with Crippen LogP contribution >= 0.6 is 0 Å². The molecule has 103 valence electrons. The molecule has 0 aromatic heterocycles. The summed E-state index contributed by atoms with van der Waals surface area (Å²) in [5, 5.41) is 10.5. The van der Waals surface area contributed by atoms with Gasteiger partial charge < -0.3 is 0 Å². The molecule has 7 heteroatoms. The van der Waals surface area contributed by atoms with E-state index >= 15 is 0 Å². The van der Waals surface area contributed by atoms with Crippen molar-refractivity contribution in [3.63, 3.8) is 0 Å². The van der Waals surface area contributed by atoms with Crippen molar-refractivity contribution >= 4 is 21.4 Å². The lowest BCUT2D eigenvalue weighted by atomic mass is 10.2. The second-order valence-electron chi connectivity index (χ2n) is 4.05. The molecule has 0 fully saturated rings. The van der Waals surface area contributed by atoms with E-state index in [-0.39, 0.29) is 10.6 Å². The Morgan fingerprint density at radius 3 is 2.05 bits per heavy atom. The maximum absolute atomic E-state index is 12.1. The first-order valence-electron chi connectivity index (χ1n) is 5.58. The Balaban J connectivity index is 2.26. The molecule has 0 saturated heterocycles. The zero-order valence-corrected chi connectivity index (χ0v) is 11.1. The Morgan fingerprint density at radius 1 is 1.00 bits per heavy atom. The van der Waals surface area contributed by atoms with E-state index in [1.54, 1.807) is 24.3 Å². The zero-order valence-electron chi connectivity index (χ0n) is 10.3. The predicted octanol–water partition coefficient (Wildman–Crippen LogP) is 2.58. The standard InChI is InChI=1S/C13H11N2O4S/c1-10-2-4-11(5-3-10)14-20(18,19)13-8-6-12(7-9-13)15(16)17/h2-9,14H,1H2. The van der Waals surface area contributed by atoms with Crippen molar-refractivity contribution in [3.8, 4) is 0 Å². The first-order chi connectivity index (χ1) is 9.38. The molecular formula is C13H11N2O4S. The van der Waals surface area contributed by atoms with Crippen LogP contribution in [0, 0.1) is 17.0 Å². The van der Waals surface area contributed by atoms with Crippen molar-refractivity contribution < 1.29 is 13.3 Å². The Morgan fingerprint density at radius 2 is 1.55 bits per heavy atom. The molecule has 1 radical (unpaired) electrons. The number of hydrogen-bond acceptors (Lipinski definition) is 4. The van der Waals surface area contributed by atoms with Gasteiger partial charge in [-0.3, -0.25) is 14.8 Å². The van der Waals surface area contributed by atoms with Crippen LogP contribution in [0.3, 0.4) is 0 Å². The maximum Gasteiger partial charge on any atom is 0.269 e. The molecule has 0 aliphatic carbocycles. The van der Waals surface area contributed by atoms with Gasteiger partial charge in [-0.2, -0.15) is 0 Å². The third-order valence-electron chi connectivity index (χ3n) is 2.56. The van der Waals surface area contributed by atoms with Gasteiger partial charge in [-0.1, -0.05) is 12.1 Å². The van der Waals surface area contributed by atoms with Crippen molar-refractivity contribution in [2.75, 3.05) is 4.72 Å². The number of nitrogens with zero attached hydrogens (tertiary/aromatic N) is 1. The summed E-state index contributed by atoms with van der Waals surface area (Å²) in [5.41, 5.74) is 1.00. The molecule has 0 aliphatic heterocycles. The molecule has 2 rings (SSSR count). The highest BCUT2D eigenvalue weighted by Crippen LogP contribution is 2.19. The topological polar surface area (TPSA) is 89.3 Å². The molecule has 0 saturated carbocycles. The number of nitro benzene ring substituents is 1. The van der Waals surface area contributed by atoms with Crippen LogP contribution in [0.25, 0.3) is 0 Å². The minimum atomic E-state index is -3.76. The smallest absolute Gasteiger partial charge is 0.269 e. The quantitative estimate of drug-likeness (QED) is 0.692. The Bertz CT molecular complexity index is 722. The minimum absolute atomic E-state index is 0.0400. The number of rotatable bonds is 4. The van der Waals surface area contributed by atoms with Gasteiger partial charge in [-0.05, 0) is 36.8 Å². The predicted molar refractivity (Wildman–Crippen MR) is 74.8 cm³/mol. The van der Waals surface area contributed by atoms with Gasteiger partial charge in [0.1, 0.15) is 0 Å². The number of anilines is 1. The van der Waals surface area contributed by atoms with Crippen LogP contribution in [0.15, 0.2) is 53.4 Å². The second-order valence-corrected chi connectivity index (χ2v) is 5.74. The van der Waals surface area contributed by atoms with Gasteiger partial charge in [0.25, 0.3) is 15.7 Å². The number of nitro groups is 1. The molecule has 20 heavy (non-hydrogen) atoms. The van der Waals surface area contributed by atoms with E-state index in [1.165, 1.54) is 12.1 Å². The van der Waals surface area contributed by atoms with Crippen LogP contribution in [0.5, 0.6) is 0 Å². The van der Waals surface area contributed by atoms with Gasteiger partial charge in [0, 0.05) is 17.8 Å². The summed E-state index contributed by atoms with van der Waals surface area (Å²) in [4.78, 5) is 9.89. The molecule has 0 atom stereocenters. The maximum atomic E-state index is 12.1. The minimum Gasteiger partial charge on any atom is -0.280 e. The van der Waals surface area contributed by atoms with E-state index in [2.05, 4.69) is 11.6 Å². The fourth-order valence-electron chi connectivity index (χ4n) is 1.53. The molecule has 2 aromatic rings. The van der Waals surface area contributed by atoms with E-state index in [0.717, 1.165) is 17.7 Å². The van der Waals surface area contributed by atoms with Crippen molar-refractivity contribution in [2.24, 2.45) is 0 Å². The molecule has 6 nitrogen and oxygen atoms in total. The molecule has 0 aliphatic rings. The van der Waals surface area contributed by atoms with Crippen LogP contribution in [0.2, 0.25) is 0 Å². The normalized spacial score (nSPS) is 11.1. The fourth-order valence-corrected chi connectivity index (χ4v) is 2.59. The summed E-state index contributed by atoms with van der Waals surface area (Å²) < 4.78 is 26.5. The molecule has 0 unspecified atom stereocenters. The molecule has 2 aromatic carbocycles. The van der Waals surface area contributed by atoms with Crippen LogP contribution in [-0.2, 0) is 10.0 Å². The lowest BCUT2D eigenvalue weighted by Gasteiger charge is -2.08. The van der Waals surface area contributed by atoms with Crippen LogP contribution in [-0.4, -0.2) is 13.3 Å². The number of sulfonamides is 1. The SMILES string of the molecule is [CH2]c1ccc(NS(=O)(=O)c2ccc([N+](=O)[O-])cc2)cc1. The highest BCUT2D eigenvalue weighted by Gasteiger charge is 2.15. The molecule has 0 amide bonds. The number of hydrogen-bond donors (Lipinski definition) is 1. The van der Waals surface area contributed by atoms with Crippen LogP contribution < -0.4 is 4.72 Å². The summed E-state index contributed by atoms with van der Waals surface area (Å²) in [6.07, 6.45) is 0. The van der Waals surface area contributed by atoms with E-state index in [0.29, 0.717) is 5.69 Å². The highest BCUT2D eigenvalue weighted by atomic mass is 32.2. The Labute approximate surface area is 116 Å². The van der Waals surface area contributed by atoms with Crippen molar-refractivity contribution in [1.82, 2.24) is 0 Å². The lowest BCUT2D eigenvalue weighted by molar-refractivity contribution is -0.384. The monoisotopic (exact) mass is 291 g/mol. The first-order valence-corrected chi connectivity index (χ1v) is 7.06. The molecule has 1 N–H and O–H groups in total. The number of benzene rings is 2. The highest BCUT2D eigenvalue weighted by molar-refractivity contribution is 7.92. The third kappa shape index (κ3) is 3.12. The molecule has 0 heterocycles. The molecule has 0 bridgehead atoms. The fraction of sp³-hybridized carbons (Fsp3) is 0. The van der Waals surface area contributed by atoms with Gasteiger partial charge in [0.15, 0.2) is 0 Å². The van der Waals surface area contributed by atoms with Gasteiger partial charge in [-0.25, -0.2) is 8.42 Å². The summed E-state index contributed by atoms with van der Waals surface area (Å²) in [5.74, 6) is 0. The number of nitrogens with one attached hydrogen (secondary N) is 1. The van der Waals surface area contributed by atoms with E-state index in [9.17, 15) is 18.5 Å². The Kier molecular flexibility index (Phi) is 3.71. The van der Waals surface area contributed by atoms with Gasteiger partial charge in [0.05, 0.1) is 9.82 Å². The Hall–Kier alpha value is -2.41. The zero-order chi connectivity index (χ0) is 14.8. The second kappa shape index (κ2) is 5.30. The van der Waals surface area contributed by atoms with Crippen LogP contribution in [0.1, 0.15) is 5.56 Å². The van der Waals surface area contributed by atoms with E-state index in [1.807, 2.05) is 0 Å². The molecular weight excluding hydrogens is 280 g/mol. The average Bonchev–Trinajstić information content (AvgIpc) is 2.41.